The van der Waals surface area contributed by atoms with Crippen LogP contribution in [0, 0.1) is 11.7 Å². The van der Waals surface area contributed by atoms with Crippen molar-refractivity contribution in [3.8, 4) is 0 Å². The number of alkyl halides is 3. The Kier molecular flexibility index (Phi) is 4.45. The van der Waals surface area contributed by atoms with Crippen molar-refractivity contribution in [1.82, 2.24) is 19.5 Å². The van der Waals surface area contributed by atoms with E-state index in [1.165, 1.54) is 28.6 Å². The highest BCUT2D eigenvalue weighted by Gasteiger charge is 2.53. The summed E-state index contributed by atoms with van der Waals surface area (Å²) in [6.07, 6.45) is -0.770. The van der Waals surface area contributed by atoms with Crippen LogP contribution in [0.5, 0.6) is 0 Å². The number of nitrogens with zero attached hydrogens (tertiary/aromatic N) is 3. The van der Waals surface area contributed by atoms with Gasteiger partial charge in [0.2, 0.25) is 10.0 Å². The van der Waals surface area contributed by atoms with Gasteiger partial charge in [0.05, 0.1) is 24.0 Å². The highest BCUT2D eigenvalue weighted by molar-refractivity contribution is 7.89. The lowest BCUT2D eigenvalue weighted by molar-refractivity contribution is -0.141. The molecule has 1 aliphatic heterocycles. The van der Waals surface area contributed by atoms with Crippen LogP contribution in [0.2, 0.25) is 0 Å². The monoisotopic (exact) mass is 452 g/mol. The number of halogens is 4. The van der Waals surface area contributed by atoms with Crippen LogP contribution in [0.4, 0.5) is 17.6 Å². The topological polar surface area (TPSA) is 79.0 Å². The van der Waals surface area contributed by atoms with Gasteiger partial charge in [-0.3, -0.25) is 10.1 Å². The zero-order valence-corrected chi connectivity index (χ0v) is 16.7. The zero-order chi connectivity index (χ0) is 22.0. The molecule has 3 aromatic rings. The number of hydrogen-bond donors (Lipinski definition) is 1. The molecule has 2 unspecified atom stereocenters. The smallest absolute Gasteiger partial charge is 0.281 e. The molecule has 1 N–H and O–H groups in total. The van der Waals surface area contributed by atoms with Gasteiger partial charge in [-0.2, -0.15) is 22.6 Å². The second-order valence-electron chi connectivity index (χ2n) is 7.69. The van der Waals surface area contributed by atoms with Gasteiger partial charge >= 0.3 is 6.18 Å². The summed E-state index contributed by atoms with van der Waals surface area (Å²) in [6.45, 7) is 0. The van der Waals surface area contributed by atoms with Crippen LogP contribution < -0.4 is 0 Å². The van der Waals surface area contributed by atoms with Crippen molar-refractivity contribution in [3.05, 3.63) is 77.1 Å². The molecule has 162 valence electrons. The molecular weight excluding hydrogens is 436 g/mol. The molecule has 0 radical (unpaired) electrons. The first kappa shape index (κ1) is 20.1. The standard InChI is InChI=1S/C20H16F4N4O2S/c21-13-5-3-11(4-6-13)18-15-10-26-27-17(15)19(12-1-2-12)28(18)31(29,30)14-7-8-16(25-9-14)20(22,23)24/h3-10,12,18-19H,1-2H2,(H,26,27). The lowest BCUT2D eigenvalue weighted by Crippen LogP contribution is -2.35. The maximum atomic E-state index is 13.7. The van der Waals surface area contributed by atoms with Crippen molar-refractivity contribution < 1.29 is 26.0 Å². The molecule has 2 aliphatic rings. The summed E-state index contributed by atoms with van der Waals surface area (Å²) in [7, 11) is -4.24. The predicted octanol–water partition coefficient (Wildman–Crippen LogP) is 4.21. The van der Waals surface area contributed by atoms with Crippen LogP contribution in [0.15, 0.2) is 53.7 Å². The molecule has 1 aliphatic carbocycles. The Morgan fingerprint density at radius 2 is 1.74 bits per heavy atom. The molecule has 1 aromatic carbocycles. The van der Waals surface area contributed by atoms with Crippen molar-refractivity contribution >= 4 is 10.0 Å². The van der Waals surface area contributed by atoms with E-state index in [4.69, 9.17) is 0 Å². The van der Waals surface area contributed by atoms with Gasteiger partial charge in [0.25, 0.3) is 0 Å². The Balaban J connectivity index is 1.63. The summed E-state index contributed by atoms with van der Waals surface area (Å²) < 4.78 is 80.8. The number of pyridine rings is 1. The average molecular weight is 452 g/mol. The minimum atomic E-state index is -4.67. The molecule has 0 saturated heterocycles. The SMILES string of the molecule is O=S(=O)(c1ccc(C(F)(F)F)nc1)N1C(c2ccc(F)cc2)c2cn[nH]c2C1C1CC1. The fourth-order valence-corrected chi connectivity index (χ4v) is 5.88. The number of sulfonamides is 1. The van der Waals surface area contributed by atoms with Crippen molar-refractivity contribution in [3.63, 3.8) is 0 Å². The number of fused-ring (bicyclic) bond motifs is 1. The van der Waals surface area contributed by atoms with Gasteiger partial charge in [-0.15, -0.1) is 0 Å². The number of benzene rings is 1. The van der Waals surface area contributed by atoms with E-state index in [1.54, 1.807) is 6.20 Å². The van der Waals surface area contributed by atoms with E-state index in [-0.39, 0.29) is 10.8 Å². The molecule has 11 heteroatoms. The molecule has 3 heterocycles. The Labute approximate surface area is 175 Å². The molecule has 5 rings (SSSR count). The van der Waals surface area contributed by atoms with Gasteiger partial charge in [0, 0.05) is 11.8 Å². The zero-order valence-electron chi connectivity index (χ0n) is 15.8. The van der Waals surface area contributed by atoms with Crippen LogP contribution in [0.1, 0.15) is 47.4 Å². The maximum Gasteiger partial charge on any atom is 0.433 e. The largest absolute Gasteiger partial charge is 0.433 e. The number of H-pyrrole nitrogens is 1. The lowest BCUT2D eigenvalue weighted by Gasteiger charge is -2.30. The van der Waals surface area contributed by atoms with Crippen LogP contribution in [-0.4, -0.2) is 27.9 Å². The molecule has 1 fully saturated rings. The highest BCUT2D eigenvalue weighted by atomic mass is 32.2. The predicted molar refractivity (Wildman–Crippen MR) is 101 cm³/mol. The maximum absolute atomic E-state index is 13.7. The van der Waals surface area contributed by atoms with E-state index in [2.05, 4.69) is 15.2 Å². The van der Waals surface area contributed by atoms with Crippen LogP contribution in [0.3, 0.4) is 0 Å². The summed E-state index contributed by atoms with van der Waals surface area (Å²) in [5, 5.41) is 6.96. The molecular formula is C20H16F4N4O2S. The van der Waals surface area contributed by atoms with Crippen molar-refractivity contribution in [2.45, 2.75) is 36.0 Å². The normalized spacial score (nSPS) is 21.9. The first-order valence-corrected chi connectivity index (χ1v) is 11.0. The number of hydrogen-bond acceptors (Lipinski definition) is 4. The Morgan fingerprint density at radius 3 is 2.32 bits per heavy atom. The Hall–Kier alpha value is -2.79. The second kappa shape index (κ2) is 6.86. The van der Waals surface area contributed by atoms with Gasteiger partial charge < -0.3 is 0 Å². The first-order valence-electron chi connectivity index (χ1n) is 9.53. The highest BCUT2D eigenvalue weighted by Crippen LogP contribution is 2.56. The van der Waals surface area contributed by atoms with E-state index in [0.29, 0.717) is 22.9 Å². The van der Waals surface area contributed by atoms with Gasteiger partial charge in [-0.05, 0) is 48.6 Å². The quantitative estimate of drug-likeness (QED) is 0.602. The van der Waals surface area contributed by atoms with Crippen LogP contribution in [-0.2, 0) is 16.2 Å². The molecule has 2 aromatic heterocycles. The third kappa shape index (κ3) is 3.32. The molecule has 6 nitrogen and oxygen atoms in total. The average Bonchev–Trinajstić information content (AvgIpc) is 3.35. The van der Waals surface area contributed by atoms with Gasteiger partial charge in [-0.25, -0.2) is 12.8 Å². The van der Waals surface area contributed by atoms with Crippen LogP contribution >= 0.6 is 0 Å². The molecule has 2 atom stereocenters. The number of rotatable bonds is 4. The Bertz CT molecular complexity index is 1220. The molecule has 0 amide bonds. The number of nitrogens with one attached hydrogen (secondary N) is 1. The van der Waals surface area contributed by atoms with E-state index in [1.807, 2.05) is 0 Å². The Morgan fingerprint density at radius 1 is 1.03 bits per heavy atom. The van der Waals surface area contributed by atoms with Gasteiger partial charge in [0.15, 0.2) is 0 Å². The fourth-order valence-electron chi connectivity index (χ4n) is 4.12. The van der Waals surface area contributed by atoms with E-state index < -0.39 is 39.8 Å². The summed E-state index contributed by atoms with van der Waals surface area (Å²) in [5.41, 5.74) is 0.666. The van der Waals surface area contributed by atoms with Crippen molar-refractivity contribution in [2.24, 2.45) is 5.92 Å². The molecule has 0 spiro atoms. The summed E-state index contributed by atoms with van der Waals surface area (Å²) in [6, 6.07) is 5.73. The fraction of sp³-hybridized carbons (Fsp3) is 0.300. The molecule has 31 heavy (non-hydrogen) atoms. The lowest BCUT2D eigenvalue weighted by atomic mass is 10.0. The summed E-state index contributed by atoms with van der Waals surface area (Å²) >= 11 is 0. The van der Waals surface area contributed by atoms with Crippen LogP contribution in [0.25, 0.3) is 0 Å². The van der Waals surface area contributed by atoms with Crippen molar-refractivity contribution in [2.75, 3.05) is 0 Å². The minimum Gasteiger partial charge on any atom is -0.281 e. The molecule has 0 bridgehead atoms. The third-order valence-electron chi connectivity index (χ3n) is 5.68. The van der Waals surface area contributed by atoms with E-state index in [0.717, 1.165) is 25.1 Å². The first-order chi connectivity index (χ1) is 14.7. The van der Waals surface area contributed by atoms with Gasteiger partial charge in [0.1, 0.15) is 16.4 Å². The van der Waals surface area contributed by atoms with Gasteiger partial charge in [-0.1, -0.05) is 12.1 Å². The third-order valence-corrected chi connectivity index (χ3v) is 7.51. The summed E-state index contributed by atoms with van der Waals surface area (Å²) in [4.78, 5) is 2.98. The summed E-state index contributed by atoms with van der Waals surface area (Å²) in [5.74, 6) is -0.406. The number of aromatic nitrogens is 3. The molecule has 1 saturated carbocycles. The number of aromatic amines is 1. The van der Waals surface area contributed by atoms with E-state index >= 15 is 0 Å². The van der Waals surface area contributed by atoms with Crippen molar-refractivity contribution in [1.29, 1.82) is 0 Å². The minimum absolute atomic E-state index is 0.0573. The second-order valence-corrected chi connectivity index (χ2v) is 9.53. The van der Waals surface area contributed by atoms with E-state index in [9.17, 15) is 26.0 Å².